The molecule has 0 fully saturated rings. The van der Waals surface area contributed by atoms with Crippen molar-refractivity contribution in [3.05, 3.63) is 52.8 Å². The lowest BCUT2D eigenvalue weighted by Crippen LogP contribution is -2.11. The second-order valence-corrected chi connectivity index (χ2v) is 4.30. The fourth-order valence-electron chi connectivity index (χ4n) is 1.36. The van der Waals surface area contributed by atoms with Crippen molar-refractivity contribution >= 4 is 17.3 Å². The fraction of sp³-hybridized carbons (Fsp3) is 0.143. The van der Waals surface area contributed by atoms with Crippen LogP contribution in [0, 0.1) is 22.7 Å². The van der Waals surface area contributed by atoms with Crippen LogP contribution in [0.1, 0.15) is 0 Å². The molecule has 0 atom stereocenters. The summed E-state index contributed by atoms with van der Waals surface area (Å²) in [6, 6.07) is 11.0. The van der Waals surface area contributed by atoms with E-state index in [1.807, 2.05) is 24.3 Å². The van der Waals surface area contributed by atoms with Gasteiger partial charge in [0, 0.05) is 31.0 Å². The van der Waals surface area contributed by atoms with Crippen LogP contribution in [-0.4, -0.2) is 19.0 Å². The first-order chi connectivity index (χ1) is 9.08. The molecule has 0 saturated carbocycles. The van der Waals surface area contributed by atoms with Gasteiger partial charge >= 0.3 is 0 Å². The highest BCUT2D eigenvalue weighted by molar-refractivity contribution is 6.30. The van der Waals surface area contributed by atoms with Crippen molar-refractivity contribution < 1.29 is 0 Å². The van der Waals surface area contributed by atoms with Crippen molar-refractivity contribution in [3.8, 4) is 12.1 Å². The van der Waals surface area contributed by atoms with E-state index in [0.717, 1.165) is 5.69 Å². The maximum atomic E-state index is 8.87. The summed E-state index contributed by atoms with van der Waals surface area (Å²) in [4.78, 5) is 1.71. The van der Waals surface area contributed by atoms with Gasteiger partial charge in [-0.15, -0.1) is 0 Å². The average Bonchev–Trinajstić information content (AvgIpc) is 2.40. The van der Waals surface area contributed by atoms with Gasteiger partial charge < -0.3 is 10.2 Å². The van der Waals surface area contributed by atoms with E-state index in [-0.39, 0.29) is 5.57 Å². The van der Waals surface area contributed by atoms with Gasteiger partial charge in [0.05, 0.1) is 5.70 Å². The van der Waals surface area contributed by atoms with E-state index in [4.69, 9.17) is 22.1 Å². The molecule has 0 amide bonds. The van der Waals surface area contributed by atoms with E-state index in [1.54, 1.807) is 43.4 Å². The predicted octanol–water partition coefficient (Wildman–Crippen LogP) is 3.13. The monoisotopic (exact) mass is 272 g/mol. The molecule has 0 aliphatic rings. The minimum absolute atomic E-state index is 0.0687. The highest BCUT2D eigenvalue weighted by Gasteiger charge is 2.04. The van der Waals surface area contributed by atoms with Crippen molar-refractivity contribution in [2.45, 2.75) is 0 Å². The van der Waals surface area contributed by atoms with Crippen molar-refractivity contribution in [2.75, 3.05) is 19.4 Å². The molecule has 0 heterocycles. The molecule has 19 heavy (non-hydrogen) atoms. The standard InChI is InChI=1S/C14H13ClN4/c1-19(2)14(11(9-16)10-17)7-8-18-13-5-3-12(15)4-6-13/h3-8,18H,1-2H3/b8-7+. The van der Waals surface area contributed by atoms with Gasteiger partial charge in [-0.25, -0.2) is 0 Å². The highest BCUT2D eigenvalue weighted by atomic mass is 35.5. The Kier molecular flexibility index (Phi) is 5.47. The van der Waals surface area contributed by atoms with E-state index >= 15 is 0 Å². The third kappa shape index (κ3) is 4.39. The first-order valence-corrected chi connectivity index (χ1v) is 5.86. The van der Waals surface area contributed by atoms with Crippen LogP contribution >= 0.6 is 11.6 Å². The number of hydrogen-bond acceptors (Lipinski definition) is 4. The van der Waals surface area contributed by atoms with Gasteiger partial charge in [-0.05, 0) is 30.3 Å². The summed E-state index contributed by atoms with van der Waals surface area (Å²) >= 11 is 5.78. The van der Waals surface area contributed by atoms with Gasteiger partial charge in [0.2, 0.25) is 0 Å². The van der Waals surface area contributed by atoms with Crippen molar-refractivity contribution in [1.29, 1.82) is 10.5 Å². The van der Waals surface area contributed by atoms with Crippen LogP contribution in [0.15, 0.2) is 47.8 Å². The number of anilines is 1. The Morgan fingerprint density at radius 2 is 1.79 bits per heavy atom. The lowest BCUT2D eigenvalue weighted by atomic mass is 10.2. The summed E-state index contributed by atoms with van der Waals surface area (Å²) in [5, 5.41) is 21.4. The number of benzene rings is 1. The molecule has 5 heteroatoms. The van der Waals surface area contributed by atoms with Crippen molar-refractivity contribution in [2.24, 2.45) is 0 Å². The Hall–Kier alpha value is -2.43. The second-order valence-electron chi connectivity index (χ2n) is 3.86. The minimum atomic E-state index is 0.0687. The Bertz CT molecular complexity index is 555. The Labute approximate surface area is 117 Å². The highest BCUT2D eigenvalue weighted by Crippen LogP contribution is 2.14. The summed E-state index contributed by atoms with van der Waals surface area (Å²) in [6.45, 7) is 0. The van der Waals surface area contributed by atoms with Gasteiger partial charge in [0.15, 0.2) is 5.57 Å². The van der Waals surface area contributed by atoms with Crippen LogP contribution in [0.25, 0.3) is 0 Å². The molecule has 0 unspecified atom stereocenters. The molecule has 1 N–H and O–H groups in total. The third-order valence-electron chi connectivity index (χ3n) is 2.30. The zero-order valence-corrected chi connectivity index (χ0v) is 11.4. The molecule has 0 spiro atoms. The molecule has 0 saturated heterocycles. The predicted molar refractivity (Wildman–Crippen MR) is 76.2 cm³/mol. The molecule has 1 aromatic rings. The molecule has 0 aromatic heterocycles. The topological polar surface area (TPSA) is 62.9 Å². The zero-order chi connectivity index (χ0) is 14.3. The molecule has 96 valence electrons. The van der Waals surface area contributed by atoms with E-state index in [0.29, 0.717) is 10.7 Å². The van der Waals surface area contributed by atoms with Crippen LogP contribution in [-0.2, 0) is 0 Å². The summed E-state index contributed by atoms with van der Waals surface area (Å²) in [7, 11) is 3.55. The molecular formula is C14H13ClN4. The average molecular weight is 273 g/mol. The van der Waals surface area contributed by atoms with Gasteiger partial charge in [-0.3, -0.25) is 0 Å². The number of nitriles is 2. The van der Waals surface area contributed by atoms with Gasteiger partial charge in [-0.1, -0.05) is 11.6 Å². The molecule has 0 radical (unpaired) electrons. The van der Waals surface area contributed by atoms with E-state index in [1.165, 1.54) is 0 Å². The van der Waals surface area contributed by atoms with E-state index in [2.05, 4.69) is 5.32 Å². The first kappa shape index (κ1) is 14.6. The maximum absolute atomic E-state index is 8.87. The van der Waals surface area contributed by atoms with E-state index in [9.17, 15) is 0 Å². The number of allylic oxidation sites excluding steroid dienone is 2. The molecule has 1 aromatic carbocycles. The van der Waals surface area contributed by atoms with Gasteiger partial charge in [0.1, 0.15) is 12.1 Å². The number of nitrogens with one attached hydrogen (secondary N) is 1. The summed E-state index contributed by atoms with van der Waals surface area (Å²) < 4.78 is 0. The largest absolute Gasteiger partial charge is 0.376 e. The lowest BCUT2D eigenvalue weighted by Gasteiger charge is -2.13. The Morgan fingerprint density at radius 1 is 1.21 bits per heavy atom. The second kappa shape index (κ2) is 7.10. The van der Waals surface area contributed by atoms with Crippen LogP contribution < -0.4 is 5.32 Å². The zero-order valence-electron chi connectivity index (χ0n) is 10.7. The number of likely N-dealkylation sites (N-methyl/N-ethyl adjacent to an activating group) is 1. The smallest absolute Gasteiger partial charge is 0.152 e. The van der Waals surface area contributed by atoms with Crippen molar-refractivity contribution in [3.63, 3.8) is 0 Å². The molecule has 4 nitrogen and oxygen atoms in total. The SMILES string of the molecule is CN(C)C(/C=C/Nc1ccc(Cl)cc1)=C(C#N)C#N. The van der Waals surface area contributed by atoms with Crippen LogP contribution in [0.5, 0.6) is 0 Å². The number of hydrogen-bond donors (Lipinski definition) is 1. The maximum Gasteiger partial charge on any atom is 0.152 e. The number of nitrogens with zero attached hydrogens (tertiary/aromatic N) is 3. The summed E-state index contributed by atoms with van der Waals surface area (Å²) in [5.41, 5.74) is 1.49. The molecule has 0 aliphatic carbocycles. The van der Waals surface area contributed by atoms with Crippen LogP contribution in [0.2, 0.25) is 5.02 Å². The fourth-order valence-corrected chi connectivity index (χ4v) is 1.48. The minimum Gasteiger partial charge on any atom is -0.376 e. The van der Waals surface area contributed by atoms with Crippen molar-refractivity contribution in [1.82, 2.24) is 4.90 Å². The quantitative estimate of drug-likeness (QED) is 0.676. The summed E-state index contributed by atoms with van der Waals surface area (Å²) in [5.74, 6) is 0. The molecule has 0 bridgehead atoms. The number of halogens is 1. The lowest BCUT2D eigenvalue weighted by molar-refractivity contribution is 0.527. The van der Waals surface area contributed by atoms with Crippen LogP contribution in [0.4, 0.5) is 5.69 Å². The third-order valence-corrected chi connectivity index (χ3v) is 2.55. The summed E-state index contributed by atoms with van der Waals surface area (Å²) in [6.07, 6.45) is 3.35. The first-order valence-electron chi connectivity index (χ1n) is 5.49. The molecular weight excluding hydrogens is 260 g/mol. The van der Waals surface area contributed by atoms with Gasteiger partial charge in [-0.2, -0.15) is 10.5 Å². The van der Waals surface area contributed by atoms with E-state index < -0.39 is 0 Å². The van der Waals surface area contributed by atoms with Crippen LogP contribution in [0.3, 0.4) is 0 Å². The Balaban J connectivity index is 2.85. The molecule has 0 aliphatic heterocycles. The Morgan fingerprint density at radius 3 is 2.26 bits per heavy atom. The number of rotatable bonds is 4. The normalized spacial score (nSPS) is 9.53. The molecule has 1 rings (SSSR count). The van der Waals surface area contributed by atoms with Gasteiger partial charge in [0.25, 0.3) is 0 Å².